The fourth-order valence-electron chi connectivity index (χ4n) is 1.20. The molecule has 88 valence electrons. The zero-order chi connectivity index (χ0) is 12.3. The first-order valence-corrected chi connectivity index (χ1v) is 5.45. The van der Waals surface area contributed by atoms with Crippen molar-refractivity contribution < 1.29 is 18.3 Å². The number of nitrogens with zero attached hydrogens (tertiary/aromatic N) is 1. The lowest BCUT2D eigenvalue weighted by Gasteiger charge is -2.11. The van der Waals surface area contributed by atoms with Gasteiger partial charge in [-0.05, 0) is 22.0 Å². The van der Waals surface area contributed by atoms with E-state index < -0.39 is 18.0 Å². The lowest BCUT2D eigenvalue weighted by Crippen LogP contribution is -2.10. The minimum absolute atomic E-state index is 0.0357. The van der Waals surface area contributed by atoms with Crippen LogP contribution in [0.1, 0.15) is 28.0 Å². The predicted octanol–water partition coefficient (Wildman–Crippen LogP) is 3.31. The summed E-state index contributed by atoms with van der Waals surface area (Å²) in [7, 11) is 1.12. The highest BCUT2D eigenvalue weighted by Gasteiger charge is 2.24. The predicted molar refractivity (Wildman–Crippen MR) is 57.8 cm³/mol. The van der Waals surface area contributed by atoms with Gasteiger partial charge in [-0.1, -0.05) is 0 Å². The molecular formula is C9H7BrClF2NO2. The molecule has 7 heteroatoms. The van der Waals surface area contributed by atoms with E-state index in [-0.39, 0.29) is 21.7 Å². The van der Waals surface area contributed by atoms with Crippen LogP contribution in [0, 0.1) is 0 Å². The maximum Gasteiger partial charge on any atom is 0.338 e. The number of alkyl halides is 3. The second-order valence-corrected chi connectivity index (χ2v) is 3.86. The number of ether oxygens (including phenoxy) is 1. The Balaban J connectivity index is 3.44. The number of methoxy groups -OCH3 is 1. The molecule has 16 heavy (non-hydrogen) atoms. The number of hydrogen-bond donors (Lipinski definition) is 0. The summed E-state index contributed by atoms with van der Waals surface area (Å²) in [4.78, 5) is 15.1. The fourth-order valence-corrected chi connectivity index (χ4v) is 1.84. The number of esters is 1. The largest absolute Gasteiger partial charge is 0.465 e. The molecule has 0 bridgehead atoms. The molecule has 3 nitrogen and oxygen atoms in total. The molecule has 0 radical (unpaired) electrons. The van der Waals surface area contributed by atoms with Crippen molar-refractivity contribution in [2.75, 3.05) is 7.11 Å². The minimum Gasteiger partial charge on any atom is -0.465 e. The third kappa shape index (κ3) is 2.68. The molecule has 0 spiro atoms. The highest BCUT2D eigenvalue weighted by molar-refractivity contribution is 9.10. The quantitative estimate of drug-likeness (QED) is 0.488. The zero-order valence-corrected chi connectivity index (χ0v) is 10.5. The summed E-state index contributed by atoms with van der Waals surface area (Å²) in [5, 5.41) is 0. The van der Waals surface area contributed by atoms with E-state index in [0.717, 1.165) is 7.11 Å². The average molecular weight is 315 g/mol. The highest BCUT2D eigenvalue weighted by Crippen LogP contribution is 2.29. The molecule has 0 aromatic carbocycles. The van der Waals surface area contributed by atoms with Crippen molar-refractivity contribution in [1.82, 2.24) is 4.98 Å². The third-order valence-corrected chi connectivity index (χ3v) is 2.52. The molecule has 1 heterocycles. The van der Waals surface area contributed by atoms with Gasteiger partial charge < -0.3 is 4.74 Å². The van der Waals surface area contributed by atoms with Crippen LogP contribution >= 0.6 is 27.5 Å². The normalized spacial score (nSPS) is 10.6. The molecule has 0 unspecified atom stereocenters. The number of pyridine rings is 1. The van der Waals surface area contributed by atoms with E-state index in [1.165, 1.54) is 6.07 Å². The van der Waals surface area contributed by atoms with Crippen molar-refractivity contribution in [3.8, 4) is 0 Å². The van der Waals surface area contributed by atoms with Crippen LogP contribution in [-0.2, 0) is 10.6 Å². The Morgan fingerprint density at radius 3 is 2.75 bits per heavy atom. The first-order chi connectivity index (χ1) is 7.51. The molecule has 0 aliphatic carbocycles. The van der Waals surface area contributed by atoms with Gasteiger partial charge in [0.2, 0.25) is 0 Å². The summed E-state index contributed by atoms with van der Waals surface area (Å²) in [6.07, 6.45) is -2.83. The van der Waals surface area contributed by atoms with Crippen molar-refractivity contribution in [3.05, 3.63) is 27.5 Å². The van der Waals surface area contributed by atoms with E-state index in [2.05, 4.69) is 25.7 Å². The molecule has 0 aliphatic heterocycles. The standard InChI is InChI=1S/C9H7BrClF2NO2/c1-16-9(15)4-2-6(10)14-5(3-11)7(4)8(12)13/h2,8H,3H2,1H3. The van der Waals surface area contributed by atoms with Crippen LogP contribution < -0.4 is 0 Å². The number of carbonyl (C=O) groups excluding carboxylic acids is 1. The Hall–Kier alpha value is -0.750. The maximum absolute atomic E-state index is 12.8. The Morgan fingerprint density at radius 2 is 2.31 bits per heavy atom. The van der Waals surface area contributed by atoms with Gasteiger partial charge in [0.15, 0.2) is 0 Å². The molecule has 1 aromatic rings. The van der Waals surface area contributed by atoms with Gasteiger partial charge in [-0.25, -0.2) is 18.6 Å². The van der Waals surface area contributed by atoms with E-state index in [1.54, 1.807) is 0 Å². The monoisotopic (exact) mass is 313 g/mol. The van der Waals surface area contributed by atoms with Crippen LogP contribution in [-0.4, -0.2) is 18.1 Å². The SMILES string of the molecule is COC(=O)c1cc(Br)nc(CCl)c1C(F)F. The molecule has 1 rings (SSSR count). The van der Waals surface area contributed by atoms with E-state index in [1.807, 2.05) is 0 Å². The lowest BCUT2D eigenvalue weighted by atomic mass is 10.1. The van der Waals surface area contributed by atoms with E-state index in [9.17, 15) is 13.6 Å². The summed E-state index contributed by atoms with van der Waals surface area (Å²) in [5.41, 5.74) is -0.744. The first kappa shape index (κ1) is 13.3. The van der Waals surface area contributed by atoms with Gasteiger partial charge >= 0.3 is 5.97 Å². The smallest absolute Gasteiger partial charge is 0.338 e. The van der Waals surface area contributed by atoms with Crippen molar-refractivity contribution in [1.29, 1.82) is 0 Å². The van der Waals surface area contributed by atoms with E-state index in [4.69, 9.17) is 11.6 Å². The molecule has 0 amide bonds. The number of halogens is 4. The molecule has 0 fully saturated rings. The summed E-state index contributed by atoms with van der Waals surface area (Å²) in [6, 6.07) is 1.18. The Labute approximate surface area is 104 Å². The van der Waals surface area contributed by atoms with Crippen molar-refractivity contribution >= 4 is 33.5 Å². The number of carbonyl (C=O) groups is 1. The summed E-state index contributed by atoms with van der Waals surface area (Å²) in [6.45, 7) is 0. The van der Waals surface area contributed by atoms with Crippen molar-refractivity contribution in [3.63, 3.8) is 0 Å². The number of hydrogen-bond acceptors (Lipinski definition) is 3. The third-order valence-electron chi connectivity index (χ3n) is 1.86. The summed E-state index contributed by atoms with van der Waals surface area (Å²) >= 11 is 8.51. The van der Waals surface area contributed by atoms with Crippen molar-refractivity contribution in [2.45, 2.75) is 12.3 Å². The maximum atomic E-state index is 12.8. The lowest BCUT2D eigenvalue weighted by molar-refractivity contribution is 0.0588. The minimum atomic E-state index is -2.83. The Morgan fingerprint density at radius 1 is 1.69 bits per heavy atom. The second kappa shape index (κ2) is 5.54. The van der Waals surface area contributed by atoms with Gasteiger partial charge in [0.05, 0.1) is 29.8 Å². The Bertz CT molecular complexity index is 415. The van der Waals surface area contributed by atoms with Crippen LogP contribution in [0.5, 0.6) is 0 Å². The summed E-state index contributed by atoms with van der Waals surface area (Å²) < 4.78 is 30.2. The van der Waals surface area contributed by atoms with Gasteiger partial charge in [0.25, 0.3) is 6.43 Å². The molecule has 0 aliphatic rings. The van der Waals surface area contributed by atoms with E-state index >= 15 is 0 Å². The molecule has 1 aromatic heterocycles. The molecule has 0 saturated carbocycles. The van der Waals surface area contributed by atoms with Crippen LogP contribution in [0.25, 0.3) is 0 Å². The van der Waals surface area contributed by atoms with E-state index in [0.29, 0.717) is 0 Å². The fraction of sp³-hybridized carbons (Fsp3) is 0.333. The number of rotatable bonds is 3. The van der Waals surface area contributed by atoms with Crippen molar-refractivity contribution in [2.24, 2.45) is 0 Å². The zero-order valence-electron chi connectivity index (χ0n) is 8.14. The van der Waals surface area contributed by atoms with Crippen LogP contribution in [0.15, 0.2) is 10.7 Å². The van der Waals surface area contributed by atoms with Gasteiger partial charge in [0, 0.05) is 0 Å². The average Bonchev–Trinajstić information content (AvgIpc) is 2.26. The van der Waals surface area contributed by atoms with Crippen LogP contribution in [0.2, 0.25) is 0 Å². The topological polar surface area (TPSA) is 39.2 Å². The number of aromatic nitrogens is 1. The Kier molecular flexibility index (Phi) is 4.61. The second-order valence-electron chi connectivity index (χ2n) is 2.78. The van der Waals surface area contributed by atoms with Gasteiger partial charge in [0.1, 0.15) is 4.60 Å². The van der Waals surface area contributed by atoms with Gasteiger partial charge in [-0.3, -0.25) is 0 Å². The highest BCUT2D eigenvalue weighted by atomic mass is 79.9. The summed E-state index contributed by atoms with van der Waals surface area (Å²) in [5.74, 6) is -1.05. The van der Waals surface area contributed by atoms with Gasteiger partial charge in [-0.15, -0.1) is 11.6 Å². The van der Waals surface area contributed by atoms with Crippen LogP contribution in [0.4, 0.5) is 8.78 Å². The van der Waals surface area contributed by atoms with Crippen LogP contribution in [0.3, 0.4) is 0 Å². The van der Waals surface area contributed by atoms with Gasteiger partial charge in [-0.2, -0.15) is 0 Å². The molecule has 0 atom stereocenters. The molecule has 0 N–H and O–H groups in total. The first-order valence-electron chi connectivity index (χ1n) is 4.13. The molecular weight excluding hydrogens is 307 g/mol. The molecule has 0 saturated heterocycles.